The van der Waals surface area contributed by atoms with Crippen LogP contribution in [0, 0.1) is 6.92 Å². The standard InChI is InChI=1S/C22H18N6O/c1-12-4-3-5-16(24-12)13(2)21(29)22-25-18-10-15-17(11-19(18)26-22)27-28-20(15)14-6-8-23-9-7-14/h3-11,13,27-28H,1-2H3/t13-/m0/s1. The monoisotopic (exact) mass is 382 g/mol. The third-order valence-corrected chi connectivity index (χ3v) is 5.10. The van der Waals surface area contributed by atoms with Crippen molar-refractivity contribution in [1.29, 1.82) is 0 Å². The summed E-state index contributed by atoms with van der Waals surface area (Å²) in [6, 6.07) is 13.4. The Hall–Kier alpha value is -3.87. The van der Waals surface area contributed by atoms with Gasteiger partial charge in [-0.05, 0) is 50.2 Å². The molecular weight excluding hydrogens is 364 g/mol. The molecule has 5 aromatic rings. The van der Waals surface area contributed by atoms with Gasteiger partial charge < -0.3 is 5.10 Å². The molecule has 0 fully saturated rings. The number of nitrogens with one attached hydrogen (secondary N) is 2. The third kappa shape index (κ3) is 2.97. The van der Waals surface area contributed by atoms with Crippen LogP contribution in [0.15, 0.2) is 54.9 Å². The summed E-state index contributed by atoms with van der Waals surface area (Å²) in [5, 5.41) is 7.34. The van der Waals surface area contributed by atoms with Gasteiger partial charge in [-0.1, -0.05) is 6.07 Å². The number of aryl methyl sites for hydroxylation is 1. The number of aromatic amines is 2. The van der Waals surface area contributed by atoms with Crippen molar-refractivity contribution in [2.75, 3.05) is 0 Å². The van der Waals surface area contributed by atoms with Gasteiger partial charge >= 0.3 is 0 Å². The van der Waals surface area contributed by atoms with E-state index in [0.29, 0.717) is 11.0 Å². The van der Waals surface area contributed by atoms with Gasteiger partial charge in [0.15, 0.2) is 5.82 Å². The number of fused-ring (bicyclic) bond motifs is 2. The third-order valence-electron chi connectivity index (χ3n) is 5.10. The molecule has 142 valence electrons. The van der Waals surface area contributed by atoms with Crippen molar-refractivity contribution < 1.29 is 4.79 Å². The van der Waals surface area contributed by atoms with Crippen LogP contribution in [0.4, 0.5) is 0 Å². The van der Waals surface area contributed by atoms with Crippen molar-refractivity contribution in [3.8, 4) is 11.3 Å². The van der Waals surface area contributed by atoms with E-state index in [1.54, 1.807) is 12.4 Å². The van der Waals surface area contributed by atoms with Crippen LogP contribution in [0.25, 0.3) is 33.2 Å². The van der Waals surface area contributed by atoms with Gasteiger partial charge in [0.05, 0.1) is 33.9 Å². The smallest absolute Gasteiger partial charge is 0.208 e. The molecule has 0 aliphatic rings. The van der Waals surface area contributed by atoms with Gasteiger partial charge in [-0.25, -0.2) is 9.97 Å². The molecule has 1 aromatic carbocycles. The maximum Gasteiger partial charge on any atom is 0.208 e. The van der Waals surface area contributed by atoms with E-state index in [9.17, 15) is 4.79 Å². The number of hydrogen-bond acceptors (Lipinski definition) is 5. The van der Waals surface area contributed by atoms with Crippen LogP contribution in [0.2, 0.25) is 0 Å². The van der Waals surface area contributed by atoms with Crippen molar-refractivity contribution in [3.63, 3.8) is 0 Å². The van der Waals surface area contributed by atoms with E-state index >= 15 is 0 Å². The molecule has 0 saturated heterocycles. The van der Waals surface area contributed by atoms with Crippen LogP contribution in [-0.4, -0.2) is 35.9 Å². The fourth-order valence-corrected chi connectivity index (χ4v) is 3.51. The molecule has 0 saturated carbocycles. The lowest BCUT2D eigenvalue weighted by Gasteiger charge is -2.08. The number of carbonyl (C=O) groups is 1. The summed E-state index contributed by atoms with van der Waals surface area (Å²) >= 11 is 0. The second-order valence-electron chi connectivity index (χ2n) is 7.08. The fraction of sp³-hybridized carbons (Fsp3) is 0.136. The molecule has 4 aromatic heterocycles. The number of aromatic nitrogens is 6. The highest BCUT2D eigenvalue weighted by Gasteiger charge is 2.23. The molecule has 0 unspecified atom stereocenters. The van der Waals surface area contributed by atoms with E-state index in [2.05, 4.69) is 30.1 Å². The first kappa shape index (κ1) is 17.2. The maximum atomic E-state index is 13.0. The zero-order valence-corrected chi connectivity index (χ0v) is 16.0. The van der Waals surface area contributed by atoms with Crippen molar-refractivity contribution >= 4 is 27.7 Å². The van der Waals surface area contributed by atoms with E-state index in [1.165, 1.54) is 0 Å². The minimum Gasteiger partial charge on any atom is -0.300 e. The summed E-state index contributed by atoms with van der Waals surface area (Å²) in [6.45, 7) is 3.75. The zero-order valence-electron chi connectivity index (χ0n) is 16.0. The quantitative estimate of drug-likeness (QED) is 0.454. The van der Waals surface area contributed by atoms with Gasteiger partial charge in [0.25, 0.3) is 0 Å². The van der Waals surface area contributed by atoms with Gasteiger partial charge in [0, 0.05) is 29.0 Å². The number of H-pyrrole nitrogens is 2. The number of pyridine rings is 2. The average molecular weight is 382 g/mol. The highest BCUT2D eigenvalue weighted by Crippen LogP contribution is 2.29. The lowest BCUT2D eigenvalue weighted by molar-refractivity contribution is 0.0955. The largest absolute Gasteiger partial charge is 0.300 e. The van der Waals surface area contributed by atoms with Gasteiger partial charge in [-0.2, -0.15) is 0 Å². The second-order valence-corrected chi connectivity index (χ2v) is 7.08. The molecule has 0 spiro atoms. The molecule has 5 rings (SSSR count). The molecule has 7 nitrogen and oxygen atoms in total. The molecule has 0 aliphatic carbocycles. The topological polar surface area (TPSA) is 100 Å². The van der Waals surface area contributed by atoms with Gasteiger partial charge in [0.1, 0.15) is 0 Å². The number of hydrogen-bond donors (Lipinski definition) is 2. The van der Waals surface area contributed by atoms with E-state index < -0.39 is 5.92 Å². The summed E-state index contributed by atoms with van der Waals surface area (Å²) in [5.74, 6) is -0.320. The Kier molecular flexibility index (Phi) is 3.94. The fourth-order valence-electron chi connectivity index (χ4n) is 3.51. The molecule has 7 heteroatoms. The number of nitrogens with zero attached hydrogens (tertiary/aromatic N) is 4. The van der Waals surface area contributed by atoms with Crippen molar-refractivity contribution in [1.82, 2.24) is 30.1 Å². The number of Topliss-reactive ketones (excluding diaryl/α,β-unsaturated/α-hetero) is 1. The Labute approximate surface area is 166 Å². The van der Waals surface area contributed by atoms with Crippen LogP contribution >= 0.6 is 0 Å². The first-order chi connectivity index (χ1) is 14.1. The summed E-state index contributed by atoms with van der Waals surface area (Å²) in [4.78, 5) is 30.5. The second kappa shape index (κ2) is 6.63. The lowest BCUT2D eigenvalue weighted by atomic mass is 10.0. The molecule has 4 heterocycles. The molecular formula is C22H18N6O. The predicted molar refractivity (Wildman–Crippen MR) is 111 cm³/mol. The first-order valence-corrected chi connectivity index (χ1v) is 9.36. The van der Waals surface area contributed by atoms with Crippen molar-refractivity contribution in [3.05, 3.63) is 72.1 Å². The Bertz CT molecular complexity index is 1350. The molecule has 0 radical (unpaired) electrons. The number of rotatable bonds is 4. The van der Waals surface area contributed by atoms with Crippen LogP contribution in [0.1, 0.15) is 34.8 Å². The Morgan fingerprint density at radius 1 is 0.966 bits per heavy atom. The normalized spacial score (nSPS) is 12.5. The van der Waals surface area contributed by atoms with Crippen molar-refractivity contribution in [2.45, 2.75) is 19.8 Å². The summed E-state index contributed by atoms with van der Waals surface area (Å²) < 4.78 is 0. The highest BCUT2D eigenvalue weighted by molar-refractivity contribution is 6.04. The number of carbonyl (C=O) groups excluding carboxylic acids is 1. The highest BCUT2D eigenvalue weighted by atomic mass is 16.1. The molecule has 0 amide bonds. The minimum absolute atomic E-state index is 0.135. The van der Waals surface area contributed by atoms with E-state index in [0.717, 1.165) is 33.5 Å². The Balaban J connectivity index is 1.56. The molecule has 2 N–H and O–H groups in total. The van der Waals surface area contributed by atoms with Gasteiger partial charge in [-0.3, -0.25) is 19.9 Å². The van der Waals surface area contributed by atoms with E-state index in [-0.39, 0.29) is 11.6 Å². The summed E-state index contributed by atoms with van der Waals surface area (Å²) in [6.07, 6.45) is 3.50. The molecule has 0 aliphatic heterocycles. The van der Waals surface area contributed by atoms with E-state index in [4.69, 9.17) is 0 Å². The lowest BCUT2D eigenvalue weighted by Crippen LogP contribution is -2.13. The van der Waals surface area contributed by atoms with Gasteiger partial charge in [0.2, 0.25) is 5.78 Å². The van der Waals surface area contributed by atoms with Gasteiger partial charge in [-0.15, -0.1) is 0 Å². The minimum atomic E-state index is -0.405. The Morgan fingerprint density at radius 2 is 1.72 bits per heavy atom. The maximum absolute atomic E-state index is 13.0. The zero-order chi connectivity index (χ0) is 20.0. The average Bonchev–Trinajstić information content (AvgIpc) is 3.35. The van der Waals surface area contributed by atoms with Crippen LogP contribution in [0.3, 0.4) is 0 Å². The van der Waals surface area contributed by atoms with Crippen LogP contribution < -0.4 is 0 Å². The van der Waals surface area contributed by atoms with E-state index in [1.807, 2.05) is 56.3 Å². The Morgan fingerprint density at radius 3 is 2.48 bits per heavy atom. The predicted octanol–water partition coefficient (Wildman–Crippen LogP) is 4.19. The summed E-state index contributed by atoms with van der Waals surface area (Å²) in [5.41, 5.74) is 5.83. The summed E-state index contributed by atoms with van der Waals surface area (Å²) in [7, 11) is 0. The molecule has 29 heavy (non-hydrogen) atoms. The van der Waals surface area contributed by atoms with Crippen LogP contribution in [-0.2, 0) is 0 Å². The number of benzene rings is 1. The number of ketones is 1. The van der Waals surface area contributed by atoms with Crippen molar-refractivity contribution in [2.24, 2.45) is 0 Å². The molecule has 1 atom stereocenters. The SMILES string of the molecule is Cc1cccc([C@H](C)C(=O)c2nc3cc4[nH][nH]c(-c5ccncc5)c4cc3n2)n1. The molecule has 0 bridgehead atoms. The van der Waals surface area contributed by atoms with Crippen LogP contribution in [0.5, 0.6) is 0 Å². The first-order valence-electron chi connectivity index (χ1n) is 9.36. The number of imidazole rings is 1.